The van der Waals surface area contributed by atoms with Crippen molar-refractivity contribution in [2.45, 2.75) is 0 Å². The first-order valence-corrected chi connectivity index (χ1v) is 13.7. The second kappa shape index (κ2) is 9.54. The number of hydrogen-bond donors (Lipinski definition) is 0. The summed E-state index contributed by atoms with van der Waals surface area (Å²) in [6.45, 7) is 0. The van der Waals surface area contributed by atoms with Crippen LogP contribution in [-0.4, -0.2) is 19.5 Å². The molecule has 0 aliphatic rings. The maximum absolute atomic E-state index is 5.10. The number of para-hydroxylation sites is 1. The Morgan fingerprint density at radius 3 is 1.49 bits per heavy atom. The smallest absolute Gasteiger partial charge is 0.238 e. The molecule has 41 heavy (non-hydrogen) atoms. The van der Waals surface area contributed by atoms with Gasteiger partial charge < -0.3 is 0 Å². The van der Waals surface area contributed by atoms with Crippen molar-refractivity contribution in [3.8, 4) is 39.9 Å². The van der Waals surface area contributed by atoms with Gasteiger partial charge in [-0.15, -0.1) is 0 Å². The summed E-state index contributed by atoms with van der Waals surface area (Å²) in [5.41, 5.74) is 6.37. The molecule has 192 valence electrons. The predicted molar refractivity (Wildman–Crippen MR) is 168 cm³/mol. The first-order valence-electron chi connectivity index (χ1n) is 13.7. The molecule has 4 nitrogen and oxygen atoms in total. The van der Waals surface area contributed by atoms with Crippen LogP contribution in [-0.2, 0) is 0 Å². The van der Waals surface area contributed by atoms with E-state index in [1.807, 2.05) is 60.7 Å². The minimum absolute atomic E-state index is 0.596. The van der Waals surface area contributed by atoms with Gasteiger partial charge in [-0.05, 0) is 34.0 Å². The fourth-order valence-corrected chi connectivity index (χ4v) is 5.80. The lowest BCUT2D eigenvalue weighted by Crippen LogP contribution is -2.06. The lowest BCUT2D eigenvalue weighted by molar-refractivity contribution is 0.954. The van der Waals surface area contributed by atoms with Gasteiger partial charge in [0.1, 0.15) is 0 Å². The Morgan fingerprint density at radius 1 is 0.390 bits per heavy atom. The molecule has 2 aromatic heterocycles. The van der Waals surface area contributed by atoms with Gasteiger partial charge in [0.2, 0.25) is 5.95 Å². The van der Waals surface area contributed by atoms with Crippen molar-refractivity contribution in [2.75, 3.05) is 0 Å². The summed E-state index contributed by atoms with van der Waals surface area (Å²) in [5, 5.41) is 4.79. The molecule has 4 heteroatoms. The van der Waals surface area contributed by atoms with Gasteiger partial charge in [-0.1, -0.05) is 133 Å². The monoisotopic (exact) mass is 524 g/mol. The minimum atomic E-state index is 0.596. The van der Waals surface area contributed by atoms with E-state index in [1.165, 1.54) is 32.7 Å². The number of rotatable bonds is 4. The highest BCUT2D eigenvalue weighted by Gasteiger charge is 2.20. The van der Waals surface area contributed by atoms with Gasteiger partial charge in [0.05, 0.1) is 11.0 Å². The lowest BCUT2D eigenvalue weighted by atomic mass is 9.95. The Kier molecular flexibility index (Phi) is 5.42. The van der Waals surface area contributed by atoms with E-state index in [2.05, 4.69) is 89.5 Å². The number of hydrogen-bond acceptors (Lipinski definition) is 3. The summed E-state index contributed by atoms with van der Waals surface area (Å²) >= 11 is 0. The van der Waals surface area contributed by atoms with E-state index in [-0.39, 0.29) is 0 Å². The summed E-state index contributed by atoms with van der Waals surface area (Å²) in [6.07, 6.45) is 0. The topological polar surface area (TPSA) is 43.6 Å². The molecule has 0 bridgehead atoms. The molecule has 0 aliphatic carbocycles. The van der Waals surface area contributed by atoms with Crippen LogP contribution in [0.4, 0.5) is 0 Å². The first kappa shape index (κ1) is 23.3. The van der Waals surface area contributed by atoms with Crippen molar-refractivity contribution >= 4 is 32.6 Å². The largest absolute Gasteiger partial charge is 0.278 e. The Hall–Kier alpha value is -5.61. The van der Waals surface area contributed by atoms with Crippen LogP contribution in [0.25, 0.3) is 72.4 Å². The molecular weight excluding hydrogens is 500 g/mol. The second-order valence-corrected chi connectivity index (χ2v) is 10.1. The Bertz CT molecular complexity index is 2130. The van der Waals surface area contributed by atoms with Crippen LogP contribution in [0.2, 0.25) is 0 Å². The fraction of sp³-hybridized carbons (Fsp3) is 0. The molecule has 0 saturated heterocycles. The molecule has 0 atom stereocenters. The molecule has 8 aromatic rings. The molecular formula is C37H24N4. The average molecular weight is 525 g/mol. The van der Waals surface area contributed by atoms with Gasteiger partial charge in [-0.3, -0.25) is 4.57 Å². The second-order valence-electron chi connectivity index (χ2n) is 10.1. The van der Waals surface area contributed by atoms with Crippen LogP contribution in [0.3, 0.4) is 0 Å². The molecule has 8 rings (SSSR count). The third kappa shape index (κ3) is 3.88. The van der Waals surface area contributed by atoms with E-state index >= 15 is 0 Å². The highest BCUT2D eigenvalue weighted by atomic mass is 15.2. The zero-order valence-electron chi connectivity index (χ0n) is 22.1. The van der Waals surface area contributed by atoms with Crippen LogP contribution in [0.15, 0.2) is 146 Å². The van der Waals surface area contributed by atoms with Crippen molar-refractivity contribution in [3.63, 3.8) is 0 Å². The minimum Gasteiger partial charge on any atom is -0.278 e. The summed E-state index contributed by atoms with van der Waals surface area (Å²) in [6, 6.07) is 50.3. The van der Waals surface area contributed by atoms with E-state index in [0.717, 1.165) is 22.2 Å². The molecule has 2 heterocycles. The summed E-state index contributed by atoms with van der Waals surface area (Å²) < 4.78 is 2.20. The number of fused-ring (bicyclic) bond motifs is 5. The van der Waals surface area contributed by atoms with Crippen LogP contribution < -0.4 is 0 Å². The van der Waals surface area contributed by atoms with Crippen LogP contribution in [0.5, 0.6) is 0 Å². The molecule has 0 unspecified atom stereocenters. The van der Waals surface area contributed by atoms with Crippen LogP contribution >= 0.6 is 0 Å². The summed E-state index contributed by atoms with van der Waals surface area (Å²) in [4.78, 5) is 15.1. The standard InChI is InChI=1S/C37H24N4/c1-4-14-25(15-5-1)31-24-33-34(29-21-11-10-20-28(29)31)30-22-12-13-23-32(30)41(33)37-39-35(26-16-6-2-7-17-26)38-36(40-37)27-18-8-3-9-19-27/h1-24H. The molecule has 0 N–H and O–H groups in total. The Labute approximate surface area is 237 Å². The molecule has 0 amide bonds. The molecule has 6 aromatic carbocycles. The van der Waals surface area contributed by atoms with E-state index in [4.69, 9.17) is 15.0 Å². The van der Waals surface area contributed by atoms with Gasteiger partial charge in [-0.2, -0.15) is 9.97 Å². The third-order valence-corrected chi connectivity index (χ3v) is 7.65. The van der Waals surface area contributed by atoms with Crippen LogP contribution in [0.1, 0.15) is 0 Å². The predicted octanol–water partition coefficient (Wildman–Crippen LogP) is 9.12. The number of aromatic nitrogens is 4. The van der Waals surface area contributed by atoms with E-state index in [0.29, 0.717) is 17.6 Å². The SMILES string of the molecule is c1ccc(-c2nc(-c3ccccc3)nc(-n3c4ccccc4c4c5ccccc5c(-c5ccccc5)cc43)n2)cc1. The quantitative estimate of drug-likeness (QED) is 0.231. The van der Waals surface area contributed by atoms with Gasteiger partial charge >= 0.3 is 0 Å². The Morgan fingerprint density at radius 2 is 0.878 bits per heavy atom. The highest BCUT2D eigenvalue weighted by Crippen LogP contribution is 2.41. The van der Waals surface area contributed by atoms with Crippen molar-refractivity contribution in [1.82, 2.24) is 19.5 Å². The Balaban J connectivity index is 1.51. The third-order valence-electron chi connectivity index (χ3n) is 7.65. The van der Waals surface area contributed by atoms with Crippen molar-refractivity contribution in [2.24, 2.45) is 0 Å². The van der Waals surface area contributed by atoms with Crippen molar-refractivity contribution < 1.29 is 0 Å². The molecule has 0 saturated carbocycles. The number of nitrogens with zero attached hydrogens (tertiary/aromatic N) is 4. The lowest BCUT2D eigenvalue weighted by Gasteiger charge is -2.13. The zero-order chi connectivity index (χ0) is 27.2. The summed E-state index contributed by atoms with van der Waals surface area (Å²) in [7, 11) is 0. The zero-order valence-corrected chi connectivity index (χ0v) is 22.1. The van der Waals surface area contributed by atoms with E-state index in [9.17, 15) is 0 Å². The molecule has 0 aliphatic heterocycles. The first-order chi connectivity index (χ1) is 20.3. The maximum Gasteiger partial charge on any atom is 0.238 e. The molecule has 0 spiro atoms. The normalized spacial score (nSPS) is 11.4. The number of benzene rings is 6. The van der Waals surface area contributed by atoms with Gasteiger partial charge in [0.25, 0.3) is 0 Å². The fourth-order valence-electron chi connectivity index (χ4n) is 5.80. The molecule has 0 radical (unpaired) electrons. The molecule has 0 fully saturated rings. The van der Waals surface area contributed by atoms with Crippen molar-refractivity contribution in [3.05, 3.63) is 146 Å². The average Bonchev–Trinajstić information content (AvgIpc) is 3.40. The van der Waals surface area contributed by atoms with Gasteiger partial charge in [-0.25, -0.2) is 4.98 Å². The van der Waals surface area contributed by atoms with E-state index < -0.39 is 0 Å². The van der Waals surface area contributed by atoms with Gasteiger partial charge in [0, 0.05) is 21.9 Å². The van der Waals surface area contributed by atoms with Gasteiger partial charge in [0.15, 0.2) is 11.6 Å². The maximum atomic E-state index is 5.10. The highest BCUT2D eigenvalue weighted by molar-refractivity contribution is 6.24. The summed E-state index contributed by atoms with van der Waals surface area (Å²) in [5.74, 6) is 1.88. The van der Waals surface area contributed by atoms with Crippen molar-refractivity contribution in [1.29, 1.82) is 0 Å². The van der Waals surface area contributed by atoms with Crippen LogP contribution in [0, 0.1) is 0 Å². The van der Waals surface area contributed by atoms with E-state index in [1.54, 1.807) is 0 Å².